The second-order valence-electron chi connectivity index (χ2n) is 6.37. The zero-order chi connectivity index (χ0) is 22.7. The van der Waals surface area contributed by atoms with Crippen molar-refractivity contribution in [1.29, 1.82) is 5.26 Å². The minimum absolute atomic E-state index is 0.0131. The highest BCUT2D eigenvalue weighted by Gasteiger charge is 2.19. The first-order chi connectivity index (χ1) is 14.7. The number of benzene rings is 1. The van der Waals surface area contributed by atoms with Crippen molar-refractivity contribution in [3.05, 3.63) is 88.3 Å². The molecule has 0 saturated heterocycles. The SMILES string of the molecule is Cc1c(C=Nc2c(Br)cc([N+](=O)[O-])cc2Br)c(O)n(Cc2cccnc2)c(=O)c1C#N. The van der Waals surface area contributed by atoms with Crippen molar-refractivity contribution < 1.29 is 10.0 Å². The molecule has 0 unspecified atom stereocenters. The van der Waals surface area contributed by atoms with Crippen molar-refractivity contribution in [2.45, 2.75) is 13.5 Å². The molecule has 0 fully saturated rings. The Morgan fingerprint density at radius 1 is 1.39 bits per heavy atom. The minimum atomic E-state index is -0.629. The molecule has 0 aliphatic rings. The molecule has 0 aliphatic carbocycles. The first-order valence-corrected chi connectivity index (χ1v) is 10.3. The summed E-state index contributed by atoms with van der Waals surface area (Å²) in [5.41, 5.74) is 0.571. The number of aliphatic imine (C=N–C) groups is 1. The first kappa shape index (κ1) is 22.3. The van der Waals surface area contributed by atoms with E-state index in [1.807, 2.05) is 6.07 Å². The second kappa shape index (κ2) is 9.20. The normalized spacial score (nSPS) is 10.9. The molecule has 0 bridgehead atoms. The summed E-state index contributed by atoms with van der Waals surface area (Å²) in [6, 6.07) is 7.92. The predicted molar refractivity (Wildman–Crippen MR) is 121 cm³/mol. The van der Waals surface area contributed by atoms with Gasteiger partial charge in [0.1, 0.15) is 11.6 Å². The molecule has 156 valence electrons. The van der Waals surface area contributed by atoms with Crippen LogP contribution in [0.3, 0.4) is 0 Å². The van der Waals surface area contributed by atoms with Gasteiger partial charge >= 0.3 is 0 Å². The number of pyridine rings is 2. The van der Waals surface area contributed by atoms with Gasteiger partial charge in [0.2, 0.25) is 5.88 Å². The number of halogens is 2. The lowest BCUT2D eigenvalue weighted by Gasteiger charge is -2.14. The molecular weight excluding hydrogens is 534 g/mol. The summed E-state index contributed by atoms with van der Waals surface area (Å²) in [6.07, 6.45) is 4.44. The molecule has 9 nitrogen and oxygen atoms in total. The number of aromatic nitrogens is 2. The molecule has 1 N–H and O–H groups in total. The monoisotopic (exact) mass is 545 g/mol. The van der Waals surface area contributed by atoms with Gasteiger partial charge in [-0.2, -0.15) is 5.26 Å². The number of aromatic hydroxyl groups is 1. The van der Waals surface area contributed by atoms with Gasteiger partial charge in [-0.25, -0.2) is 0 Å². The Bertz CT molecular complexity index is 1290. The highest BCUT2D eigenvalue weighted by molar-refractivity contribution is 9.11. The van der Waals surface area contributed by atoms with E-state index in [4.69, 9.17) is 0 Å². The molecule has 0 saturated carbocycles. The van der Waals surface area contributed by atoms with E-state index < -0.39 is 10.5 Å². The summed E-state index contributed by atoms with van der Waals surface area (Å²) in [6.45, 7) is 1.55. The molecule has 11 heteroatoms. The maximum absolute atomic E-state index is 12.7. The fraction of sp³-hybridized carbons (Fsp3) is 0.100. The van der Waals surface area contributed by atoms with Gasteiger partial charge in [-0.15, -0.1) is 0 Å². The number of hydrogen-bond donors (Lipinski definition) is 1. The number of nitro benzene ring substituents is 1. The van der Waals surface area contributed by atoms with Crippen molar-refractivity contribution in [3.8, 4) is 11.9 Å². The average Bonchev–Trinajstić information content (AvgIpc) is 2.73. The van der Waals surface area contributed by atoms with E-state index in [-0.39, 0.29) is 34.8 Å². The van der Waals surface area contributed by atoms with Crippen LogP contribution in [-0.2, 0) is 6.54 Å². The Morgan fingerprint density at radius 3 is 2.61 bits per heavy atom. The number of nitriles is 1. The molecular formula is C20H13Br2N5O4. The summed E-state index contributed by atoms with van der Waals surface area (Å²) in [5.74, 6) is -0.358. The van der Waals surface area contributed by atoms with Crippen LogP contribution in [-0.4, -0.2) is 25.8 Å². The van der Waals surface area contributed by atoms with Gasteiger partial charge in [-0.3, -0.25) is 29.5 Å². The molecule has 0 radical (unpaired) electrons. The topological polar surface area (TPSA) is 134 Å². The van der Waals surface area contributed by atoms with Gasteiger partial charge in [0.15, 0.2) is 0 Å². The van der Waals surface area contributed by atoms with E-state index in [1.54, 1.807) is 24.5 Å². The van der Waals surface area contributed by atoms with E-state index in [0.717, 1.165) is 4.57 Å². The third-order valence-electron chi connectivity index (χ3n) is 4.45. The number of nitro groups is 1. The van der Waals surface area contributed by atoms with Crippen molar-refractivity contribution in [2.75, 3.05) is 0 Å². The Labute approximate surface area is 192 Å². The molecule has 3 aromatic rings. The van der Waals surface area contributed by atoms with Crippen LogP contribution in [0, 0.1) is 28.4 Å². The van der Waals surface area contributed by atoms with Crippen LogP contribution < -0.4 is 5.56 Å². The fourth-order valence-corrected chi connectivity index (χ4v) is 4.22. The Balaban J connectivity index is 2.14. The summed E-state index contributed by atoms with van der Waals surface area (Å²) in [7, 11) is 0. The van der Waals surface area contributed by atoms with Gasteiger partial charge in [-0.05, 0) is 56.0 Å². The van der Waals surface area contributed by atoms with Crippen molar-refractivity contribution >= 4 is 49.4 Å². The largest absolute Gasteiger partial charge is 0.494 e. The van der Waals surface area contributed by atoms with Crippen LogP contribution in [0.2, 0.25) is 0 Å². The third-order valence-corrected chi connectivity index (χ3v) is 5.65. The van der Waals surface area contributed by atoms with E-state index in [0.29, 0.717) is 20.2 Å². The zero-order valence-corrected chi connectivity index (χ0v) is 19.1. The molecule has 2 heterocycles. The van der Waals surface area contributed by atoms with Crippen LogP contribution in [0.25, 0.3) is 0 Å². The lowest BCUT2D eigenvalue weighted by Crippen LogP contribution is -2.26. The van der Waals surface area contributed by atoms with Gasteiger partial charge in [0, 0.05) is 30.7 Å². The minimum Gasteiger partial charge on any atom is -0.494 e. The van der Waals surface area contributed by atoms with Gasteiger partial charge in [0.05, 0.1) is 31.7 Å². The number of rotatable bonds is 5. The van der Waals surface area contributed by atoms with Crippen LogP contribution in [0.4, 0.5) is 11.4 Å². The highest BCUT2D eigenvalue weighted by Crippen LogP contribution is 2.37. The quantitative estimate of drug-likeness (QED) is 0.287. The van der Waals surface area contributed by atoms with Crippen molar-refractivity contribution in [2.24, 2.45) is 4.99 Å². The number of nitrogens with zero attached hydrogens (tertiary/aromatic N) is 5. The summed E-state index contributed by atoms with van der Waals surface area (Å²) in [5, 5.41) is 31.3. The molecule has 2 aromatic heterocycles. The Morgan fingerprint density at radius 2 is 2.06 bits per heavy atom. The smallest absolute Gasteiger partial charge is 0.271 e. The lowest BCUT2D eigenvalue weighted by molar-refractivity contribution is -0.385. The van der Waals surface area contributed by atoms with Gasteiger partial charge in [0.25, 0.3) is 11.2 Å². The highest BCUT2D eigenvalue weighted by atomic mass is 79.9. The Kier molecular flexibility index (Phi) is 6.62. The molecule has 0 atom stereocenters. The van der Waals surface area contributed by atoms with Crippen LogP contribution in [0.15, 0.2) is 55.4 Å². The standard InChI is InChI=1S/C20H13Br2N5O4/c1-11-14(7-23)19(28)26(10-12-3-2-4-24-8-12)20(29)15(11)9-25-18-16(21)5-13(27(30)31)6-17(18)22/h2-6,8-9,29H,10H2,1H3. The fourth-order valence-electron chi connectivity index (χ4n) is 2.86. The second-order valence-corrected chi connectivity index (χ2v) is 8.08. The Hall–Kier alpha value is -3.36. The molecule has 0 spiro atoms. The van der Waals surface area contributed by atoms with Gasteiger partial charge in [-0.1, -0.05) is 6.07 Å². The van der Waals surface area contributed by atoms with Crippen molar-refractivity contribution in [1.82, 2.24) is 9.55 Å². The first-order valence-electron chi connectivity index (χ1n) is 8.67. The van der Waals surface area contributed by atoms with Crippen molar-refractivity contribution in [3.63, 3.8) is 0 Å². The zero-order valence-electron chi connectivity index (χ0n) is 15.9. The summed E-state index contributed by atoms with van der Waals surface area (Å²) >= 11 is 6.50. The van der Waals surface area contributed by atoms with E-state index in [2.05, 4.69) is 41.8 Å². The maximum atomic E-state index is 12.7. The van der Waals surface area contributed by atoms with Crippen LogP contribution >= 0.6 is 31.9 Å². The molecule has 31 heavy (non-hydrogen) atoms. The predicted octanol–water partition coefficient (Wildman–Crippen LogP) is 4.36. The molecule has 3 rings (SSSR count). The molecule has 0 amide bonds. The lowest BCUT2D eigenvalue weighted by atomic mass is 10.1. The number of hydrogen-bond acceptors (Lipinski definition) is 7. The average molecular weight is 547 g/mol. The van der Waals surface area contributed by atoms with Crippen LogP contribution in [0.1, 0.15) is 22.3 Å². The molecule has 0 aliphatic heterocycles. The van der Waals surface area contributed by atoms with E-state index in [1.165, 1.54) is 25.3 Å². The van der Waals surface area contributed by atoms with E-state index in [9.17, 15) is 25.3 Å². The van der Waals surface area contributed by atoms with Gasteiger partial charge < -0.3 is 5.11 Å². The van der Waals surface area contributed by atoms with E-state index >= 15 is 0 Å². The van der Waals surface area contributed by atoms with Crippen LogP contribution in [0.5, 0.6) is 5.88 Å². The maximum Gasteiger partial charge on any atom is 0.271 e. The summed E-state index contributed by atoms with van der Waals surface area (Å²) < 4.78 is 1.78. The summed E-state index contributed by atoms with van der Waals surface area (Å²) in [4.78, 5) is 31.5. The molecule has 1 aromatic carbocycles. The third kappa shape index (κ3) is 4.55. The number of non-ortho nitro benzene ring substituents is 1.